The van der Waals surface area contributed by atoms with Gasteiger partial charge in [-0.25, -0.2) is 8.42 Å². The Morgan fingerprint density at radius 2 is 1.21 bits per heavy atom. The van der Waals surface area contributed by atoms with Crippen LogP contribution < -0.4 is 71.5 Å². The number of rotatable bonds is 9. The first kappa shape index (κ1) is 30.0. The van der Waals surface area contributed by atoms with Gasteiger partial charge in [-0.05, 0) is 24.3 Å². The maximum absolute atomic E-state index is 13.1. The largest absolute Gasteiger partial charge is 1.00 e. The van der Waals surface area contributed by atoms with Gasteiger partial charge in [0.15, 0.2) is 0 Å². The molecule has 0 heterocycles. The molecule has 4 aromatic rings. The van der Waals surface area contributed by atoms with E-state index in [0.29, 0.717) is 11.5 Å². The van der Waals surface area contributed by atoms with Crippen molar-refractivity contribution in [3.05, 3.63) is 109 Å². The molecule has 0 saturated carbocycles. The standard InChI is InChI=1S/C26H24N4O7S.Na/c1-36-21-9-5-3-7-16(21)14-27-29-23-19-12-11-18(38(33,34)35)13-20(19)24(26(32)25(23)31)30-28-15-17-8-4-6-10-22(17)37-2;/h3-13,27-28H,14-15H2,1-2H3,(H,33,34,35);/q;+1/p-1. The van der Waals surface area contributed by atoms with E-state index >= 15 is 0 Å². The molecule has 0 aliphatic rings. The fourth-order valence-corrected chi connectivity index (χ4v) is 4.37. The van der Waals surface area contributed by atoms with Crippen molar-refractivity contribution in [3.8, 4) is 11.5 Å². The van der Waals surface area contributed by atoms with Gasteiger partial charge < -0.3 is 24.9 Å². The van der Waals surface area contributed by atoms with Crippen LogP contribution in [0.4, 0.5) is 0 Å². The second-order valence-corrected chi connectivity index (χ2v) is 9.41. The molecule has 13 heteroatoms. The van der Waals surface area contributed by atoms with Crippen molar-refractivity contribution in [1.82, 2.24) is 10.9 Å². The van der Waals surface area contributed by atoms with Gasteiger partial charge in [0, 0.05) is 21.9 Å². The summed E-state index contributed by atoms with van der Waals surface area (Å²) in [6, 6.07) is 17.6. The van der Waals surface area contributed by atoms with Gasteiger partial charge in [-0.1, -0.05) is 42.5 Å². The van der Waals surface area contributed by atoms with Crippen molar-refractivity contribution < 1.29 is 52.0 Å². The molecule has 0 aliphatic carbocycles. The summed E-state index contributed by atoms with van der Waals surface area (Å²) in [7, 11) is -1.81. The van der Waals surface area contributed by atoms with E-state index in [0.717, 1.165) is 23.3 Å². The number of benzene rings is 4. The average molecular weight is 559 g/mol. The molecule has 11 nitrogen and oxygen atoms in total. The number of nitrogens with one attached hydrogen (secondary N) is 2. The first-order valence-corrected chi connectivity index (χ1v) is 12.7. The number of fused-ring (bicyclic) bond motifs is 1. The molecule has 0 saturated heterocycles. The van der Waals surface area contributed by atoms with Gasteiger partial charge >= 0.3 is 29.6 Å². The average Bonchev–Trinajstić information content (AvgIpc) is 2.92. The van der Waals surface area contributed by atoms with Gasteiger partial charge in [0.1, 0.15) is 32.3 Å². The van der Waals surface area contributed by atoms with Crippen molar-refractivity contribution >= 4 is 20.9 Å². The van der Waals surface area contributed by atoms with Crippen LogP contribution in [-0.2, 0) is 23.2 Å². The van der Waals surface area contributed by atoms with Gasteiger partial charge in [-0.15, -0.1) is 0 Å². The smallest absolute Gasteiger partial charge is 0.744 e. The quantitative estimate of drug-likeness (QED) is 0.0986. The molecule has 0 radical (unpaired) electrons. The van der Waals surface area contributed by atoms with Crippen LogP contribution in [0.2, 0.25) is 0 Å². The van der Waals surface area contributed by atoms with Crippen LogP contribution in [-0.4, -0.2) is 27.2 Å². The van der Waals surface area contributed by atoms with E-state index in [4.69, 9.17) is 9.47 Å². The summed E-state index contributed by atoms with van der Waals surface area (Å²) in [5, 5.41) is 7.76. The zero-order valence-corrected chi connectivity index (χ0v) is 24.2. The molecule has 0 fully saturated rings. The van der Waals surface area contributed by atoms with E-state index in [1.165, 1.54) is 20.3 Å². The summed E-state index contributed by atoms with van der Waals surface area (Å²) >= 11 is 0. The summed E-state index contributed by atoms with van der Waals surface area (Å²) in [6.07, 6.45) is 0. The molecule has 4 aromatic carbocycles. The number of hydrogen-bond acceptors (Lipinski definition) is 11. The van der Waals surface area contributed by atoms with Crippen LogP contribution in [0.1, 0.15) is 11.1 Å². The van der Waals surface area contributed by atoms with E-state index in [2.05, 4.69) is 21.1 Å². The molecular formula is C26H23N4NaO7S. The summed E-state index contributed by atoms with van der Waals surface area (Å²) in [5.74, 6) is 1.19. The van der Waals surface area contributed by atoms with Crippen molar-refractivity contribution in [2.24, 2.45) is 10.2 Å². The minimum Gasteiger partial charge on any atom is -0.744 e. The minimum atomic E-state index is -4.85. The molecule has 2 N–H and O–H groups in total. The molecule has 0 aliphatic heterocycles. The SMILES string of the molecule is COc1ccccc1CNN=c1c(=O)c(=O)c(=NNCc2ccccc2OC)c2cc(S(=O)(=O)[O-])ccc12.[Na+]. The van der Waals surface area contributed by atoms with Crippen LogP contribution in [0.15, 0.2) is 91.4 Å². The Balaban J connectivity index is 0.00000420. The van der Waals surface area contributed by atoms with Crippen LogP contribution >= 0.6 is 0 Å². The Hall–Kier alpha value is -3.55. The minimum absolute atomic E-state index is 0. The van der Waals surface area contributed by atoms with Crippen molar-refractivity contribution in [2.75, 3.05) is 14.2 Å². The van der Waals surface area contributed by atoms with Gasteiger partial charge in [0.2, 0.25) is 0 Å². The second kappa shape index (κ2) is 13.0. The molecule has 4 rings (SSSR count). The van der Waals surface area contributed by atoms with Crippen molar-refractivity contribution in [3.63, 3.8) is 0 Å². The summed E-state index contributed by atoms with van der Waals surface area (Å²) < 4.78 is 45.6. The summed E-state index contributed by atoms with van der Waals surface area (Å²) in [4.78, 5) is 25.5. The Kier molecular flexibility index (Phi) is 10.0. The fourth-order valence-electron chi connectivity index (χ4n) is 3.87. The number of nitrogens with zero attached hydrogens (tertiary/aromatic N) is 2. The van der Waals surface area contributed by atoms with Gasteiger partial charge in [0.25, 0.3) is 10.9 Å². The molecule has 0 spiro atoms. The first-order valence-electron chi connectivity index (χ1n) is 11.3. The first-order chi connectivity index (χ1) is 18.2. The van der Waals surface area contributed by atoms with E-state index in [1.807, 2.05) is 6.07 Å². The Morgan fingerprint density at radius 3 is 1.67 bits per heavy atom. The fraction of sp³-hybridized carbons (Fsp3) is 0.154. The maximum Gasteiger partial charge on any atom is 1.00 e. The van der Waals surface area contributed by atoms with Crippen LogP contribution in [0.5, 0.6) is 11.5 Å². The van der Waals surface area contributed by atoms with E-state index < -0.39 is 25.9 Å². The number of para-hydroxylation sites is 2. The molecule has 39 heavy (non-hydrogen) atoms. The third-order valence-electron chi connectivity index (χ3n) is 5.73. The second-order valence-electron chi connectivity index (χ2n) is 8.03. The van der Waals surface area contributed by atoms with Gasteiger partial charge in [-0.2, -0.15) is 10.2 Å². The zero-order chi connectivity index (χ0) is 27.3. The van der Waals surface area contributed by atoms with E-state index in [1.54, 1.807) is 42.5 Å². The maximum atomic E-state index is 13.1. The zero-order valence-electron chi connectivity index (χ0n) is 21.4. The normalized spacial score (nSPS) is 12.2. The Morgan fingerprint density at radius 1 is 0.744 bits per heavy atom. The van der Waals surface area contributed by atoms with Gasteiger partial charge in [0.05, 0.1) is 32.2 Å². The van der Waals surface area contributed by atoms with Crippen molar-refractivity contribution in [2.45, 2.75) is 18.0 Å². The topological polar surface area (TPSA) is 159 Å². The third-order valence-corrected chi connectivity index (χ3v) is 6.56. The van der Waals surface area contributed by atoms with E-state index in [9.17, 15) is 22.6 Å². The molecule has 0 atom stereocenters. The third kappa shape index (κ3) is 6.72. The van der Waals surface area contributed by atoms with E-state index in [-0.39, 0.29) is 64.1 Å². The predicted molar refractivity (Wildman–Crippen MR) is 138 cm³/mol. The molecule has 0 bridgehead atoms. The van der Waals surface area contributed by atoms with Crippen LogP contribution in [0.3, 0.4) is 0 Å². The molecule has 0 amide bonds. The predicted octanol–water partition coefficient (Wildman–Crippen LogP) is -2.43. The monoisotopic (exact) mass is 558 g/mol. The Labute approximate surface area is 245 Å². The number of hydrogen-bond donors (Lipinski definition) is 2. The molecule has 0 unspecified atom stereocenters. The molecule has 196 valence electrons. The summed E-state index contributed by atoms with van der Waals surface area (Å²) in [6.45, 7) is 0.323. The summed E-state index contributed by atoms with van der Waals surface area (Å²) in [5.41, 5.74) is 5.02. The molecular weight excluding hydrogens is 535 g/mol. The van der Waals surface area contributed by atoms with Crippen molar-refractivity contribution in [1.29, 1.82) is 0 Å². The van der Waals surface area contributed by atoms with Crippen LogP contribution in [0, 0.1) is 0 Å². The Bertz CT molecular complexity index is 1840. The molecule has 0 aromatic heterocycles. The van der Waals surface area contributed by atoms with Gasteiger partial charge in [-0.3, -0.25) is 9.59 Å². The number of methoxy groups -OCH3 is 2. The number of ether oxygens (including phenoxy) is 2. The van der Waals surface area contributed by atoms with Crippen LogP contribution in [0.25, 0.3) is 10.8 Å².